The van der Waals surface area contributed by atoms with Crippen LogP contribution in [0.25, 0.3) is 0 Å². The normalized spacial score (nSPS) is 14.1. The zero-order valence-corrected chi connectivity index (χ0v) is 16.7. The smallest absolute Gasteiger partial charge is 0.335 e. The first-order valence-electron chi connectivity index (χ1n) is 9.61. The number of aromatic carboxylic acids is 1. The van der Waals surface area contributed by atoms with Crippen molar-refractivity contribution in [3.05, 3.63) is 87.1 Å². The van der Waals surface area contributed by atoms with Gasteiger partial charge in [-0.3, -0.25) is 9.69 Å². The van der Waals surface area contributed by atoms with Crippen LogP contribution >= 0.6 is 11.3 Å². The lowest BCUT2D eigenvalue weighted by Crippen LogP contribution is -2.25. The molecule has 0 radical (unpaired) electrons. The van der Waals surface area contributed by atoms with Gasteiger partial charge in [-0.1, -0.05) is 30.3 Å². The fraction of sp³-hybridized carbons (Fsp3) is 0.217. The molecule has 0 aliphatic carbocycles. The first kappa shape index (κ1) is 19.4. The Hall–Kier alpha value is -2.96. The molecule has 1 amide bonds. The van der Waals surface area contributed by atoms with E-state index in [0.717, 1.165) is 32.5 Å². The molecular formula is C23H22N2O3S. The van der Waals surface area contributed by atoms with Crippen LogP contribution in [0.1, 0.15) is 36.0 Å². The Labute approximate surface area is 173 Å². The zero-order valence-electron chi connectivity index (χ0n) is 15.9. The second-order valence-electron chi connectivity index (χ2n) is 7.16. The number of amides is 1. The maximum atomic E-state index is 12.6. The number of carbonyl (C=O) groups is 2. The van der Waals surface area contributed by atoms with Crippen molar-refractivity contribution in [2.45, 2.75) is 19.4 Å². The second-order valence-corrected chi connectivity index (χ2v) is 8.29. The summed E-state index contributed by atoms with van der Waals surface area (Å²) in [7, 11) is 0. The summed E-state index contributed by atoms with van der Waals surface area (Å²) in [4.78, 5) is 28.0. The van der Waals surface area contributed by atoms with Gasteiger partial charge in [0.25, 0.3) is 5.91 Å². The molecule has 1 aliphatic rings. The lowest BCUT2D eigenvalue weighted by Gasteiger charge is -2.19. The quantitative estimate of drug-likeness (QED) is 0.663. The van der Waals surface area contributed by atoms with Crippen LogP contribution in [0.2, 0.25) is 0 Å². The topological polar surface area (TPSA) is 69.6 Å². The Morgan fingerprint density at radius 3 is 2.45 bits per heavy atom. The molecule has 2 aromatic carbocycles. The van der Waals surface area contributed by atoms with E-state index >= 15 is 0 Å². The highest BCUT2D eigenvalue weighted by Crippen LogP contribution is 2.27. The molecule has 1 aromatic heterocycles. The maximum absolute atomic E-state index is 12.6. The molecule has 0 saturated carbocycles. The van der Waals surface area contributed by atoms with Crippen molar-refractivity contribution in [2.75, 3.05) is 18.4 Å². The van der Waals surface area contributed by atoms with E-state index in [9.17, 15) is 9.59 Å². The number of carboxylic acid groups (broad SMARTS) is 1. The molecule has 4 rings (SSSR count). The molecule has 0 fully saturated rings. The van der Waals surface area contributed by atoms with Gasteiger partial charge in [0.1, 0.15) is 0 Å². The number of anilines is 1. The summed E-state index contributed by atoms with van der Waals surface area (Å²) in [5.41, 5.74) is 3.38. The number of carbonyl (C=O) groups excluding carboxylic acids is 1. The minimum absolute atomic E-state index is 0.146. The molecular weight excluding hydrogens is 384 g/mol. The highest BCUT2D eigenvalue weighted by Gasteiger charge is 2.19. The van der Waals surface area contributed by atoms with Crippen LogP contribution < -0.4 is 5.32 Å². The number of benzene rings is 2. The molecule has 0 bridgehead atoms. The fourth-order valence-electron chi connectivity index (χ4n) is 3.54. The molecule has 0 saturated heterocycles. The van der Waals surface area contributed by atoms with Gasteiger partial charge < -0.3 is 10.4 Å². The third-order valence-electron chi connectivity index (χ3n) is 5.11. The number of rotatable bonds is 5. The minimum atomic E-state index is -0.980. The van der Waals surface area contributed by atoms with E-state index in [1.165, 1.54) is 28.1 Å². The first-order chi connectivity index (χ1) is 14.1. The van der Waals surface area contributed by atoms with Crippen molar-refractivity contribution in [1.29, 1.82) is 0 Å². The molecule has 5 nitrogen and oxygen atoms in total. The van der Waals surface area contributed by atoms with Gasteiger partial charge in [-0.2, -0.15) is 0 Å². The molecule has 0 spiro atoms. The highest BCUT2D eigenvalue weighted by atomic mass is 32.1. The van der Waals surface area contributed by atoms with Crippen molar-refractivity contribution in [3.8, 4) is 0 Å². The molecule has 29 heavy (non-hydrogen) atoms. The number of hydrogen-bond acceptors (Lipinski definition) is 4. The summed E-state index contributed by atoms with van der Waals surface area (Å²) in [5.74, 6) is -1.13. The van der Waals surface area contributed by atoms with Crippen LogP contribution in [0.4, 0.5) is 5.69 Å². The van der Waals surface area contributed by atoms with Crippen molar-refractivity contribution in [2.24, 2.45) is 0 Å². The average Bonchev–Trinajstić information content (AvgIpc) is 3.05. The van der Waals surface area contributed by atoms with Gasteiger partial charge in [-0.25, -0.2) is 4.79 Å². The number of thiophene rings is 1. The summed E-state index contributed by atoms with van der Waals surface area (Å²) >= 11 is 1.56. The Morgan fingerprint density at radius 1 is 1.00 bits per heavy atom. The predicted molar refractivity (Wildman–Crippen MR) is 115 cm³/mol. The Kier molecular flexibility index (Phi) is 5.74. The summed E-state index contributed by atoms with van der Waals surface area (Å²) < 4.78 is 0. The van der Waals surface area contributed by atoms with Gasteiger partial charge in [0.05, 0.1) is 10.4 Å². The van der Waals surface area contributed by atoms with E-state index in [2.05, 4.69) is 34.5 Å². The third kappa shape index (κ3) is 4.72. The standard InChI is InChI=1S/C23H22N2O3S/c26-22(24-19-8-6-17(7-9-19)23(27)28)21-14-18-10-12-25(13-11-20(18)29-21)15-16-4-2-1-3-5-16/h1-9,14H,10-13,15H2,(H,24,26)(H,27,28). The fourth-order valence-corrected chi connectivity index (χ4v) is 4.64. The second kappa shape index (κ2) is 8.59. The lowest BCUT2D eigenvalue weighted by molar-refractivity contribution is 0.0696. The van der Waals surface area contributed by atoms with E-state index in [0.29, 0.717) is 10.6 Å². The molecule has 6 heteroatoms. The van der Waals surface area contributed by atoms with E-state index < -0.39 is 5.97 Å². The van der Waals surface area contributed by atoms with Gasteiger partial charge in [0, 0.05) is 30.2 Å². The molecule has 148 valence electrons. The number of hydrogen-bond donors (Lipinski definition) is 2. The summed E-state index contributed by atoms with van der Waals surface area (Å²) in [6.07, 6.45) is 1.90. The van der Waals surface area contributed by atoms with Crippen LogP contribution in [0.3, 0.4) is 0 Å². The third-order valence-corrected chi connectivity index (χ3v) is 6.35. The molecule has 0 atom stereocenters. The number of nitrogens with zero attached hydrogens (tertiary/aromatic N) is 1. The van der Waals surface area contributed by atoms with Gasteiger partial charge >= 0.3 is 5.97 Å². The first-order valence-corrected chi connectivity index (χ1v) is 10.4. The van der Waals surface area contributed by atoms with Crippen molar-refractivity contribution in [3.63, 3.8) is 0 Å². The Bertz CT molecular complexity index is 987. The van der Waals surface area contributed by atoms with E-state index in [4.69, 9.17) is 5.11 Å². The highest BCUT2D eigenvalue weighted by molar-refractivity contribution is 7.14. The van der Waals surface area contributed by atoms with Crippen LogP contribution in [0, 0.1) is 0 Å². The number of carboxylic acids is 1. The van der Waals surface area contributed by atoms with E-state index in [-0.39, 0.29) is 11.5 Å². The average molecular weight is 407 g/mol. The predicted octanol–water partition coefficient (Wildman–Crippen LogP) is 4.30. The van der Waals surface area contributed by atoms with Crippen LogP contribution in [-0.2, 0) is 19.4 Å². The van der Waals surface area contributed by atoms with Gasteiger partial charge in [-0.05, 0) is 54.3 Å². The van der Waals surface area contributed by atoms with E-state index in [1.54, 1.807) is 23.5 Å². The zero-order chi connectivity index (χ0) is 20.2. The van der Waals surface area contributed by atoms with Gasteiger partial charge in [-0.15, -0.1) is 11.3 Å². The molecule has 1 aliphatic heterocycles. The molecule has 2 N–H and O–H groups in total. The lowest BCUT2D eigenvalue weighted by atomic mass is 10.1. The molecule has 0 unspecified atom stereocenters. The van der Waals surface area contributed by atoms with Gasteiger partial charge in [0.2, 0.25) is 0 Å². The Balaban J connectivity index is 1.38. The number of nitrogens with one attached hydrogen (secondary N) is 1. The van der Waals surface area contributed by atoms with E-state index in [1.807, 2.05) is 12.1 Å². The minimum Gasteiger partial charge on any atom is -0.478 e. The van der Waals surface area contributed by atoms with Crippen molar-refractivity contribution in [1.82, 2.24) is 4.90 Å². The van der Waals surface area contributed by atoms with Crippen molar-refractivity contribution >= 4 is 28.9 Å². The molecule has 2 heterocycles. The van der Waals surface area contributed by atoms with Crippen LogP contribution in [0.5, 0.6) is 0 Å². The summed E-state index contributed by atoms with van der Waals surface area (Å²) in [5, 5.41) is 11.8. The molecule has 3 aromatic rings. The Morgan fingerprint density at radius 2 is 1.72 bits per heavy atom. The summed E-state index contributed by atoms with van der Waals surface area (Å²) in [6.45, 7) is 2.92. The maximum Gasteiger partial charge on any atom is 0.335 e. The van der Waals surface area contributed by atoms with Gasteiger partial charge in [0.15, 0.2) is 0 Å². The largest absolute Gasteiger partial charge is 0.478 e. The van der Waals surface area contributed by atoms with Crippen LogP contribution in [0.15, 0.2) is 60.7 Å². The number of fused-ring (bicyclic) bond motifs is 1. The monoisotopic (exact) mass is 406 g/mol. The van der Waals surface area contributed by atoms with Crippen LogP contribution in [-0.4, -0.2) is 35.0 Å². The SMILES string of the molecule is O=C(O)c1ccc(NC(=O)c2cc3c(s2)CCN(Cc2ccccc2)CC3)cc1. The van der Waals surface area contributed by atoms with Crippen molar-refractivity contribution < 1.29 is 14.7 Å². The summed E-state index contributed by atoms with van der Waals surface area (Å²) in [6, 6.07) is 18.7.